The molecule has 1 unspecified atom stereocenters. The molecule has 0 aromatic heterocycles. The maximum Gasteiger partial charge on any atom is 0.416 e. The number of aliphatic carboxylic acids is 1. The van der Waals surface area contributed by atoms with Gasteiger partial charge in [0.05, 0.1) is 11.3 Å². The van der Waals surface area contributed by atoms with Crippen LogP contribution in [0.4, 0.5) is 13.2 Å². The molecule has 0 saturated heterocycles. The number of rotatable bonds is 10. The first-order chi connectivity index (χ1) is 16.7. The Morgan fingerprint density at radius 1 is 1.11 bits per heavy atom. The van der Waals surface area contributed by atoms with Crippen LogP contribution in [-0.2, 0) is 22.4 Å². The van der Waals surface area contributed by atoms with Crippen molar-refractivity contribution in [1.29, 1.82) is 0 Å². The molecule has 35 heavy (non-hydrogen) atoms. The summed E-state index contributed by atoms with van der Waals surface area (Å²) < 4.78 is 44.0. The van der Waals surface area contributed by atoms with Gasteiger partial charge in [0, 0.05) is 0 Å². The first-order valence-corrected chi connectivity index (χ1v) is 12.0. The topological polar surface area (TPSA) is 68.1 Å². The molecule has 1 aliphatic carbocycles. The van der Waals surface area contributed by atoms with Crippen LogP contribution in [0.1, 0.15) is 74.1 Å². The normalized spacial score (nSPS) is 16.1. The standard InChI is InChI=1S/C27H32F3NO4/c1-3-24(26(32)33)35-25-14-11-21(15-18(25)2)23(16-19-7-5-4-6-8-19)31-34-17-20-9-12-22(13-10-20)27(28,29)30/h9-15,19,24H,3-8,16-17H2,1-2H3,(H,32,33)/b31-23+. The lowest BCUT2D eigenvalue weighted by Crippen LogP contribution is -2.26. The zero-order chi connectivity index (χ0) is 25.4. The third-order valence-electron chi connectivity index (χ3n) is 6.32. The van der Waals surface area contributed by atoms with Crippen LogP contribution >= 0.6 is 0 Å². The predicted molar refractivity (Wildman–Crippen MR) is 127 cm³/mol. The van der Waals surface area contributed by atoms with E-state index in [0.717, 1.165) is 48.2 Å². The number of carboxylic acids is 1. The van der Waals surface area contributed by atoms with Crippen LogP contribution in [0.3, 0.4) is 0 Å². The summed E-state index contributed by atoms with van der Waals surface area (Å²) in [6.07, 6.45) is 1.64. The van der Waals surface area contributed by atoms with Crippen molar-refractivity contribution in [2.75, 3.05) is 0 Å². The van der Waals surface area contributed by atoms with Crippen LogP contribution in [0.25, 0.3) is 0 Å². The number of carboxylic acid groups (broad SMARTS) is 1. The van der Waals surface area contributed by atoms with Gasteiger partial charge in [-0.15, -0.1) is 0 Å². The van der Waals surface area contributed by atoms with E-state index < -0.39 is 23.8 Å². The molecule has 1 aliphatic rings. The molecular formula is C27H32F3NO4. The third-order valence-corrected chi connectivity index (χ3v) is 6.32. The molecule has 0 spiro atoms. The number of halogens is 3. The lowest BCUT2D eigenvalue weighted by Gasteiger charge is -2.22. The average Bonchev–Trinajstić information content (AvgIpc) is 2.83. The molecule has 2 aromatic rings. The highest BCUT2D eigenvalue weighted by atomic mass is 19.4. The van der Waals surface area contributed by atoms with Crippen molar-refractivity contribution in [2.45, 2.75) is 77.7 Å². The Balaban J connectivity index is 1.76. The number of ether oxygens (including phenoxy) is 1. The molecule has 0 amide bonds. The third kappa shape index (κ3) is 7.73. The van der Waals surface area contributed by atoms with Gasteiger partial charge in [0.2, 0.25) is 0 Å². The van der Waals surface area contributed by atoms with Crippen molar-refractivity contribution in [3.8, 4) is 5.75 Å². The molecule has 0 radical (unpaired) electrons. The van der Waals surface area contributed by atoms with Crippen molar-refractivity contribution in [1.82, 2.24) is 0 Å². The fourth-order valence-corrected chi connectivity index (χ4v) is 4.27. The zero-order valence-corrected chi connectivity index (χ0v) is 20.1. The number of oxime groups is 1. The van der Waals surface area contributed by atoms with Crippen molar-refractivity contribution in [3.63, 3.8) is 0 Å². The minimum atomic E-state index is -4.37. The van der Waals surface area contributed by atoms with Crippen LogP contribution in [0.15, 0.2) is 47.6 Å². The molecule has 190 valence electrons. The van der Waals surface area contributed by atoms with Crippen LogP contribution in [0, 0.1) is 12.8 Å². The lowest BCUT2D eigenvalue weighted by molar-refractivity contribution is -0.145. The number of carbonyl (C=O) groups is 1. The first kappa shape index (κ1) is 26.6. The summed E-state index contributed by atoms with van der Waals surface area (Å²) in [6, 6.07) is 10.4. The Kier molecular flexibility index (Phi) is 9.18. The highest BCUT2D eigenvalue weighted by Crippen LogP contribution is 2.30. The Hall–Kier alpha value is -3.03. The maximum absolute atomic E-state index is 12.8. The van der Waals surface area contributed by atoms with Gasteiger partial charge in [0.1, 0.15) is 12.4 Å². The monoisotopic (exact) mass is 491 g/mol. The minimum Gasteiger partial charge on any atom is -0.479 e. The fraction of sp³-hybridized carbons (Fsp3) is 0.481. The van der Waals surface area contributed by atoms with E-state index in [1.54, 1.807) is 13.0 Å². The van der Waals surface area contributed by atoms with E-state index in [2.05, 4.69) is 5.16 Å². The largest absolute Gasteiger partial charge is 0.479 e. The fourth-order valence-electron chi connectivity index (χ4n) is 4.27. The number of aryl methyl sites for hydroxylation is 1. The number of alkyl halides is 3. The molecule has 1 saturated carbocycles. The van der Waals surface area contributed by atoms with E-state index in [1.807, 2.05) is 19.1 Å². The van der Waals surface area contributed by atoms with Crippen molar-refractivity contribution in [3.05, 3.63) is 64.7 Å². The van der Waals surface area contributed by atoms with Gasteiger partial charge in [-0.25, -0.2) is 4.79 Å². The van der Waals surface area contributed by atoms with Gasteiger partial charge < -0.3 is 14.7 Å². The molecule has 2 aromatic carbocycles. The van der Waals surface area contributed by atoms with Crippen LogP contribution in [-0.4, -0.2) is 22.9 Å². The van der Waals surface area contributed by atoms with Gasteiger partial charge in [0.25, 0.3) is 0 Å². The first-order valence-electron chi connectivity index (χ1n) is 12.0. The second kappa shape index (κ2) is 12.1. The lowest BCUT2D eigenvalue weighted by atomic mass is 9.84. The van der Waals surface area contributed by atoms with Crippen molar-refractivity contribution < 1.29 is 32.6 Å². The summed E-state index contributed by atoms with van der Waals surface area (Å²) in [5.74, 6) is -0.0113. The molecule has 1 N–H and O–H groups in total. The van der Waals surface area contributed by atoms with Crippen LogP contribution in [0.5, 0.6) is 5.75 Å². The number of hydrogen-bond acceptors (Lipinski definition) is 4. The van der Waals surface area contributed by atoms with Gasteiger partial charge in [-0.2, -0.15) is 13.2 Å². The van der Waals surface area contributed by atoms with Gasteiger partial charge >= 0.3 is 12.1 Å². The van der Waals surface area contributed by atoms with E-state index >= 15 is 0 Å². The molecule has 1 fully saturated rings. The molecule has 0 bridgehead atoms. The van der Waals surface area contributed by atoms with E-state index in [4.69, 9.17) is 9.57 Å². The number of nitrogens with zero attached hydrogens (tertiary/aromatic N) is 1. The average molecular weight is 492 g/mol. The molecule has 0 aliphatic heterocycles. The second-order valence-electron chi connectivity index (χ2n) is 9.05. The smallest absolute Gasteiger partial charge is 0.416 e. The summed E-state index contributed by atoms with van der Waals surface area (Å²) in [4.78, 5) is 16.9. The SMILES string of the molecule is CCC(Oc1ccc(/C(CC2CCCCC2)=N/OCc2ccc(C(F)(F)F)cc2)cc1C)C(=O)O. The summed E-state index contributed by atoms with van der Waals surface area (Å²) in [5.41, 5.74) is 2.31. The Morgan fingerprint density at radius 3 is 2.37 bits per heavy atom. The van der Waals surface area contributed by atoms with E-state index in [-0.39, 0.29) is 6.61 Å². The Morgan fingerprint density at radius 2 is 1.80 bits per heavy atom. The molecule has 8 heteroatoms. The molecule has 3 rings (SSSR count). The number of hydrogen-bond donors (Lipinski definition) is 1. The second-order valence-corrected chi connectivity index (χ2v) is 9.05. The number of benzene rings is 2. The van der Waals surface area contributed by atoms with E-state index in [1.165, 1.54) is 31.4 Å². The predicted octanol–water partition coefficient (Wildman–Crippen LogP) is 7.15. The molecular weight excluding hydrogens is 459 g/mol. The van der Waals surface area contributed by atoms with Crippen LogP contribution < -0.4 is 4.74 Å². The van der Waals surface area contributed by atoms with E-state index in [0.29, 0.717) is 23.7 Å². The minimum absolute atomic E-state index is 0.0588. The van der Waals surface area contributed by atoms with Gasteiger partial charge in [0.15, 0.2) is 6.10 Å². The summed E-state index contributed by atoms with van der Waals surface area (Å²) in [5, 5.41) is 13.7. The highest BCUT2D eigenvalue weighted by molar-refractivity contribution is 6.00. The Labute approximate surface area is 203 Å². The molecule has 0 heterocycles. The molecule has 1 atom stereocenters. The highest BCUT2D eigenvalue weighted by Gasteiger charge is 2.30. The van der Waals surface area contributed by atoms with Gasteiger partial charge in [-0.05, 0) is 72.7 Å². The maximum atomic E-state index is 12.8. The summed E-state index contributed by atoms with van der Waals surface area (Å²) >= 11 is 0. The van der Waals surface area contributed by atoms with Crippen molar-refractivity contribution >= 4 is 11.7 Å². The summed E-state index contributed by atoms with van der Waals surface area (Å²) in [7, 11) is 0. The van der Waals surface area contributed by atoms with Gasteiger partial charge in [-0.3, -0.25) is 0 Å². The van der Waals surface area contributed by atoms with E-state index in [9.17, 15) is 23.1 Å². The zero-order valence-electron chi connectivity index (χ0n) is 20.1. The van der Waals surface area contributed by atoms with Crippen molar-refractivity contribution in [2.24, 2.45) is 11.1 Å². The molecule has 5 nitrogen and oxygen atoms in total. The van der Waals surface area contributed by atoms with Gasteiger partial charge in [-0.1, -0.05) is 56.3 Å². The Bertz CT molecular complexity index is 1010. The quantitative estimate of drug-likeness (QED) is 0.283. The van der Waals surface area contributed by atoms with Crippen LogP contribution in [0.2, 0.25) is 0 Å². The summed E-state index contributed by atoms with van der Waals surface area (Å²) in [6.45, 7) is 3.67.